The first kappa shape index (κ1) is 18.5. The number of hydrogen-bond acceptors (Lipinski definition) is 5. The van der Waals surface area contributed by atoms with Crippen molar-refractivity contribution < 1.29 is 13.9 Å². The van der Waals surface area contributed by atoms with E-state index in [1.807, 2.05) is 19.1 Å². The van der Waals surface area contributed by atoms with Crippen LogP contribution >= 0.6 is 0 Å². The molecule has 1 amide bonds. The highest BCUT2D eigenvalue weighted by atomic mass is 19.1. The van der Waals surface area contributed by atoms with Crippen LogP contribution in [0.5, 0.6) is 11.6 Å². The number of nitrogens with two attached hydrogens (primary N) is 1. The van der Waals surface area contributed by atoms with E-state index in [4.69, 9.17) is 10.5 Å². The largest absolute Gasteiger partial charge is 0.439 e. The maximum Gasteiger partial charge on any atom is 0.248 e. The van der Waals surface area contributed by atoms with E-state index in [1.165, 1.54) is 18.3 Å². The molecule has 0 fully saturated rings. The van der Waals surface area contributed by atoms with Crippen molar-refractivity contribution in [1.29, 1.82) is 0 Å². The number of halogens is 1. The monoisotopic (exact) mass is 388 g/mol. The molecule has 0 aliphatic heterocycles. The Balaban J connectivity index is 1.77. The molecular formula is C22H17FN4O2. The summed E-state index contributed by atoms with van der Waals surface area (Å²) in [5.74, 6) is 0.0389. The van der Waals surface area contributed by atoms with Crippen LogP contribution < -0.4 is 10.5 Å². The average Bonchev–Trinajstić information content (AvgIpc) is 2.70. The standard InChI is InChI=1S/C22H17FN4O2/c1-12-3-4-14(22(24)28)10-17(12)21-16-6-8-20(26-18(16)11-25-27-21)29-19-7-5-15(23)9-13(19)2/h3-11H,1-2H3,(H2,24,28). The number of hydrogen-bond donors (Lipinski definition) is 1. The predicted molar refractivity (Wildman–Crippen MR) is 107 cm³/mol. The normalized spacial score (nSPS) is 10.9. The summed E-state index contributed by atoms with van der Waals surface area (Å²) < 4.78 is 19.1. The van der Waals surface area contributed by atoms with Crippen LogP contribution in [-0.4, -0.2) is 21.1 Å². The zero-order valence-corrected chi connectivity index (χ0v) is 15.8. The minimum absolute atomic E-state index is 0.324. The fourth-order valence-corrected chi connectivity index (χ4v) is 3.08. The van der Waals surface area contributed by atoms with E-state index in [0.717, 1.165) is 16.5 Å². The van der Waals surface area contributed by atoms with E-state index in [-0.39, 0.29) is 5.82 Å². The third kappa shape index (κ3) is 3.62. The molecule has 2 aromatic carbocycles. The maximum atomic E-state index is 13.3. The molecule has 0 radical (unpaired) electrons. The molecule has 0 spiro atoms. The SMILES string of the molecule is Cc1cc(F)ccc1Oc1ccc2c(-c3cc(C(N)=O)ccc3C)nncc2n1. The van der Waals surface area contributed by atoms with Gasteiger partial charge in [-0.3, -0.25) is 4.79 Å². The first-order valence-corrected chi connectivity index (χ1v) is 8.89. The van der Waals surface area contributed by atoms with Crippen LogP contribution in [0.3, 0.4) is 0 Å². The second-order valence-electron chi connectivity index (χ2n) is 6.68. The molecule has 4 aromatic rings. The van der Waals surface area contributed by atoms with Crippen molar-refractivity contribution in [3.63, 3.8) is 0 Å². The molecule has 6 nitrogen and oxygen atoms in total. The Morgan fingerprint density at radius 1 is 1.03 bits per heavy atom. The minimum atomic E-state index is -0.511. The van der Waals surface area contributed by atoms with Crippen LogP contribution in [0.25, 0.3) is 22.2 Å². The van der Waals surface area contributed by atoms with Gasteiger partial charge in [0.15, 0.2) is 0 Å². The minimum Gasteiger partial charge on any atom is -0.439 e. The lowest BCUT2D eigenvalue weighted by Crippen LogP contribution is -2.11. The van der Waals surface area contributed by atoms with Gasteiger partial charge in [0.25, 0.3) is 0 Å². The molecule has 7 heteroatoms. The van der Waals surface area contributed by atoms with Gasteiger partial charge in [0, 0.05) is 22.6 Å². The Morgan fingerprint density at radius 2 is 1.86 bits per heavy atom. The number of benzene rings is 2. The Bertz CT molecular complexity index is 1260. The Labute approximate surface area is 166 Å². The van der Waals surface area contributed by atoms with Crippen molar-refractivity contribution in [2.75, 3.05) is 0 Å². The van der Waals surface area contributed by atoms with Gasteiger partial charge in [-0.1, -0.05) is 6.07 Å². The average molecular weight is 388 g/mol. The van der Waals surface area contributed by atoms with Gasteiger partial charge in [-0.15, -0.1) is 5.10 Å². The van der Waals surface area contributed by atoms with Crippen molar-refractivity contribution in [1.82, 2.24) is 15.2 Å². The van der Waals surface area contributed by atoms with E-state index in [9.17, 15) is 9.18 Å². The van der Waals surface area contributed by atoms with Crippen LogP contribution in [0.2, 0.25) is 0 Å². The number of aryl methyl sites for hydroxylation is 2. The van der Waals surface area contributed by atoms with Crippen molar-refractivity contribution in [2.24, 2.45) is 5.73 Å². The second kappa shape index (κ2) is 7.27. The smallest absolute Gasteiger partial charge is 0.248 e. The lowest BCUT2D eigenvalue weighted by molar-refractivity contribution is 0.100. The number of fused-ring (bicyclic) bond motifs is 1. The van der Waals surface area contributed by atoms with E-state index >= 15 is 0 Å². The van der Waals surface area contributed by atoms with E-state index in [2.05, 4.69) is 15.2 Å². The zero-order chi connectivity index (χ0) is 20.5. The molecule has 2 N–H and O–H groups in total. The number of carbonyl (C=O) groups excluding carboxylic acids is 1. The fraction of sp³-hybridized carbons (Fsp3) is 0.0909. The third-order valence-corrected chi connectivity index (χ3v) is 4.62. The van der Waals surface area contributed by atoms with Gasteiger partial charge in [0.1, 0.15) is 17.3 Å². The van der Waals surface area contributed by atoms with Gasteiger partial charge in [-0.2, -0.15) is 5.10 Å². The summed E-state index contributed by atoms with van der Waals surface area (Å²) in [5.41, 5.74) is 9.33. The number of carbonyl (C=O) groups is 1. The summed E-state index contributed by atoms with van der Waals surface area (Å²) in [6, 6.07) is 13.0. The Hall–Kier alpha value is -3.87. The summed E-state index contributed by atoms with van der Waals surface area (Å²) in [5, 5.41) is 9.06. The molecule has 0 saturated heterocycles. The number of aromatic nitrogens is 3. The van der Waals surface area contributed by atoms with E-state index in [0.29, 0.717) is 34.0 Å². The highest BCUT2D eigenvalue weighted by molar-refractivity contribution is 5.97. The van der Waals surface area contributed by atoms with Gasteiger partial charge < -0.3 is 10.5 Å². The fourth-order valence-electron chi connectivity index (χ4n) is 3.08. The summed E-state index contributed by atoms with van der Waals surface area (Å²) in [6.45, 7) is 3.68. The summed E-state index contributed by atoms with van der Waals surface area (Å²) in [7, 11) is 0. The van der Waals surface area contributed by atoms with Crippen LogP contribution in [0.1, 0.15) is 21.5 Å². The number of pyridine rings is 1. The molecular weight excluding hydrogens is 371 g/mol. The molecule has 2 heterocycles. The Morgan fingerprint density at radius 3 is 2.62 bits per heavy atom. The number of nitrogens with zero attached hydrogens (tertiary/aromatic N) is 3. The zero-order valence-electron chi connectivity index (χ0n) is 15.8. The second-order valence-corrected chi connectivity index (χ2v) is 6.68. The molecule has 0 aliphatic rings. The van der Waals surface area contributed by atoms with Gasteiger partial charge in [-0.25, -0.2) is 9.37 Å². The lowest BCUT2D eigenvalue weighted by Gasteiger charge is -2.11. The summed E-state index contributed by atoms with van der Waals surface area (Å²) in [6.07, 6.45) is 1.54. The molecule has 0 aliphatic carbocycles. The molecule has 29 heavy (non-hydrogen) atoms. The number of amides is 1. The van der Waals surface area contributed by atoms with Crippen LogP contribution in [0, 0.1) is 19.7 Å². The van der Waals surface area contributed by atoms with Crippen molar-refractivity contribution in [2.45, 2.75) is 13.8 Å². The van der Waals surface area contributed by atoms with Gasteiger partial charge >= 0.3 is 0 Å². The van der Waals surface area contributed by atoms with Gasteiger partial charge in [0.2, 0.25) is 11.8 Å². The number of ether oxygens (including phenoxy) is 1. The molecule has 0 saturated carbocycles. The molecule has 144 valence electrons. The number of rotatable bonds is 4. The van der Waals surface area contributed by atoms with Crippen LogP contribution in [0.4, 0.5) is 4.39 Å². The number of primary amides is 1. The summed E-state index contributed by atoms with van der Waals surface area (Å²) >= 11 is 0. The molecule has 0 bridgehead atoms. The molecule has 0 unspecified atom stereocenters. The van der Waals surface area contributed by atoms with Crippen LogP contribution in [0.15, 0.2) is 54.7 Å². The van der Waals surface area contributed by atoms with E-state index < -0.39 is 5.91 Å². The highest BCUT2D eigenvalue weighted by Crippen LogP contribution is 2.31. The molecule has 4 rings (SSSR count). The first-order valence-electron chi connectivity index (χ1n) is 8.89. The van der Waals surface area contributed by atoms with E-state index in [1.54, 1.807) is 31.2 Å². The molecule has 0 atom stereocenters. The maximum absolute atomic E-state index is 13.3. The quantitative estimate of drug-likeness (QED) is 0.562. The van der Waals surface area contributed by atoms with Gasteiger partial charge in [0.05, 0.1) is 11.7 Å². The Kier molecular flexibility index (Phi) is 4.64. The van der Waals surface area contributed by atoms with Crippen molar-refractivity contribution >= 4 is 16.8 Å². The topological polar surface area (TPSA) is 91.0 Å². The van der Waals surface area contributed by atoms with Crippen LogP contribution in [-0.2, 0) is 0 Å². The van der Waals surface area contributed by atoms with Crippen molar-refractivity contribution in [3.05, 3.63) is 77.2 Å². The van der Waals surface area contributed by atoms with Gasteiger partial charge in [-0.05, 0) is 61.4 Å². The summed E-state index contributed by atoms with van der Waals surface area (Å²) in [4.78, 5) is 16.1. The third-order valence-electron chi connectivity index (χ3n) is 4.62. The lowest BCUT2D eigenvalue weighted by atomic mass is 9.99. The van der Waals surface area contributed by atoms with Crippen molar-refractivity contribution in [3.8, 4) is 22.9 Å². The molecule has 2 aromatic heterocycles. The highest BCUT2D eigenvalue weighted by Gasteiger charge is 2.13. The first-order chi connectivity index (χ1) is 13.9. The predicted octanol–water partition coefficient (Wildman–Crippen LogP) is 4.34.